The maximum Gasteiger partial charge on any atom is 0.248 e. The molecule has 0 bridgehead atoms. The first-order chi connectivity index (χ1) is 13.5. The number of nitrogens with zero attached hydrogens (tertiary/aromatic N) is 4. The van der Waals surface area contributed by atoms with E-state index < -0.39 is 11.7 Å². The second-order valence-electron chi connectivity index (χ2n) is 6.10. The topological polar surface area (TPSA) is 113 Å². The molecule has 0 radical (unpaired) electrons. The largest absolute Gasteiger partial charge is 0.366 e. The predicted octanol–water partition coefficient (Wildman–Crippen LogP) is 3.10. The second-order valence-corrected chi connectivity index (χ2v) is 6.10. The third-order valence-corrected chi connectivity index (χ3v) is 4.29. The van der Waals surface area contributed by atoms with Gasteiger partial charge in [0.25, 0.3) is 0 Å². The Hall–Kier alpha value is -4.01. The minimum Gasteiger partial charge on any atom is -0.366 e. The first-order valence-electron chi connectivity index (χ1n) is 8.38. The SMILES string of the molecule is CN(c1nc(Nc2ccc(C(N)=O)cc2)ncc1F)c1cccc2[nH]ncc12. The van der Waals surface area contributed by atoms with Gasteiger partial charge in [-0.3, -0.25) is 9.89 Å². The number of anilines is 4. The molecule has 0 saturated carbocycles. The summed E-state index contributed by atoms with van der Waals surface area (Å²) in [6.07, 6.45) is 2.79. The molecular formula is C19H16FN7O. The van der Waals surface area contributed by atoms with Crippen molar-refractivity contribution in [3.05, 3.63) is 66.2 Å². The minimum absolute atomic E-state index is 0.111. The van der Waals surface area contributed by atoms with E-state index in [0.717, 1.165) is 22.8 Å². The molecule has 0 spiro atoms. The number of amides is 1. The van der Waals surface area contributed by atoms with Gasteiger partial charge < -0.3 is 16.0 Å². The Morgan fingerprint density at radius 3 is 2.71 bits per heavy atom. The van der Waals surface area contributed by atoms with Crippen molar-refractivity contribution in [2.75, 3.05) is 17.3 Å². The van der Waals surface area contributed by atoms with Gasteiger partial charge in [-0.15, -0.1) is 0 Å². The Bertz CT molecular complexity index is 1160. The molecule has 0 aliphatic rings. The van der Waals surface area contributed by atoms with Crippen LogP contribution in [0.4, 0.5) is 27.5 Å². The van der Waals surface area contributed by atoms with Crippen molar-refractivity contribution >= 4 is 40.0 Å². The molecule has 0 atom stereocenters. The van der Waals surface area contributed by atoms with E-state index in [2.05, 4.69) is 25.5 Å². The van der Waals surface area contributed by atoms with Crippen LogP contribution in [-0.4, -0.2) is 33.1 Å². The Balaban J connectivity index is 1.65. The van der Waals surface area contributed by atoms with Crippen LogP contribution in [0.3, 0.4) is 0 Å². The Morgan fingerprint density at radius 2 is 1.96 bits per heavy atom. The first-order valence-corrected chi connectivity index (χ1v) is 8.38. The van der Waals surface area contributed by atoms with E-state index in [9.17, 15) is 9.18 Å². The van der Waals surface area contributed by atoms with E-state index in [1.165, 1.54) is 0 Å². The standard InChI is InChI=1S/C19H16FN7O/c1-27(16-4-2-3-15-13(16)9-23-26-15)18-14(20)10-22-19(25-18)24-12-7-5-11(6-8-12)17(21)28/h2-10H,1H3,(H2,21,28)(H,23,26)(H,22,24,25). The molecule has 4 aromatic rings. The highest BCUT2D eigenvalue weighted by molar-refractivity contribution is 5.93. The van der Waals surface area contributed by atoms with Crippen molar-refractivity contribution in [2.45, 2.75) is 0 Å². The third kappa shape index (κ3) is 3.20. The molecule has 28 heavy (non-hydrogen) atoms. The number of carbonyl (C=O) groups is 1. The summed E-state index contributed by atoms with van der Waals surface area (Å²) < 4.78 is 14.4. The molecule has 2 heterocycles. The zero-order chi connectivity index (χ0) is 19.7. The monoisotopic (exact) mass is 377 g/mol. The number of nitrogens with two attached hydrogens (primary N) is 1. The molecule has 4 rings (SSSR count). The van der Waals surface area contributed by atoms with E-state index in [-0.39, 0.29) is 11.8 Å². The number of halogens is 1. The van der Waals surface area contributed by atoms with E-state index in [1.807, 2.05) is 18.2 Å². The number of rotatable bonds is 5. The predicted molar refractivity (Wildman–Crippen MR) is 104 cm³/mol. The number of hydrogen-bond acceptors (Lipinski definition) is 6. The van der Waals surface area contributed by atoms with Gasteiger partial charge in [0.15, 0.2) is 11.6 Å². The van der Waals surface area contributed by atoms with Crippen molar-refractivity contribution in [1.29, 1.82) is 0 Å². The molecule has 1 amide bonds. The normalized spacial score (nSPS) is 10.8. The number of aromatic nitrogens is 4. The van der Waals surface area contributed by atoms with Gasteiger partial charge in [0.1, 0.15) is 0 Å². The summed E-state index contributed by atoms with van der Waals surface area (Å²) in [5, 5.41) is 10.8. The summed E-state index contributed by atoms with van der Waals surface area (Å²) in [7, 11) is 1.72. The van der Waals surface area contributed by atoms with Crippen molar-refractivity contribution in [2.24, 2.45) is 5.73 Å². The number of H-pyrrole nitrogens is 1. The molecule has 0 unspecified atom stereocenters. The third-order valence-electron chi connectivity index (χ3n) is 4.29. The molecule has 0 aliphatic carbocycles. The number of aromatic amines is 1. The Morgan fingerprint density at radius 1 is 1.18 bits per heavy atom. The molecule has 0 saturated heterocycles. The lowest BCUT2D eigenvalue weighted by molar-refractivity contribution is 0.100. The molecule has 2 aromatic carbocycles. The summed E-state index contributed by atoms with van der Waals surface area (Å²) in [6.45, 7) is 0. The molecule has 2 aromatic heterocycles. The highest BCUT2D eigenvalue weighted by Crippen LogP contribution is 2.31. The van der Waals surface area contributed by atoms with Gasteiger partial charge in [0, 0.05) is 23.7 Å². The summed E-state index contributed by atoms with van der Waals surface area (Å²) in [5.41, 5.74) is 7.85. The lowest BCUT2D eigenvalue weighted by Crippen LogP contribution is -2.15. The summed E-state index contributed by atoms with van der Waals surface area (Å²) in [4.78, 5) is 21.1. The van der Waals surface area contributed by atoms with Crippen molar-refractivity contribution < 1.29 is 9.18 Å². The Kier molecular flexibility index (Phi) is 4.32. The maximum atomic E-state index is 14.4. The summed E-state index contributed by atoms with van der Waals surface area (Å²) >= 11 is 0. The fourth-order valence-corrected chi connectivity index (χ4v) is 2.86. The lowest BCUT2D eigenvalue weighted by Gasteiger charge is -2.20. The average Bonchev–Trinajstić information content (AvgIpc) is 3.18. The van der Waals surface area contributed by atoms with Crippen LogP contribution < -0.4 is 16.0 Å². The van der Waals surface area contributed by atoms with Gasteiger partial charge in [0.05, 0.1) is 23.6 Å². The van der Waals surface area contributed by atoms with Crippen molar-refractivity contribution in [1.82, 2.24) is 20.2 Å². The van der Waals surface area contributed by atoms with Crippen LogP contribution in [0, 0.1) is 5.82 Å². The van der Waals surface area contributed by atoms with Crippen molar-refractivity contribution in [3.8, 4) is 0 Å². The number of benzene rings is 2. The van der Waals surface area contributed by atoms with E-state index in [4.69, 9.17) is 5.73 Å². The van der Waals surface area contributed by atoms with Gasteiger partial charge in [-0.1, -0.05) is 6.07 Å². The molecule has 4 N–H and O–H groups in total. The zero-order valence-corrected chi connectivity index (χ0v) is 14.8. The van der Waals surface area contributed by atoms with Gasteiger partial charge in [0.2, 0.25) is 11.9 Å². The van der Waals surface area contributed by atoms with Crippen LogP contribution in [0.2, 0.25) is 0 Å². The van der Waals surface area contributed by atoms with Crippen LogP contribution in [0.1, 0.15) is 10.4 Å². The fraction of sp³-hybridized carbons (Fsp3) is 0.0526. The molecule has 0 aliphatic heterocycles. The van der Waals surface area contributed by atoms with Gasteiger partial charge in [-0.05, 0) is 36.4 Å². The van der Waals surface area contributed by atoms with Crippen LogP contribution in [-0.2, 0) is 0 Å². The quantitative estimate of drug-likeness (QED) is 0.493. The van der Waals surface area contributed by atoms with E-state index in [0.29, 0.717) is 11.3 Å². The maximum absolute atomic E-state index is 14.4. The Labute approximate surface area is 159 Å². The smallest absolute Gasteiger partial charge is 0.248 e. The molecule has 140 valence electrons. The number of carbonyl (C=O) groups excluding carboxylic acids is 1. The van der Waals surface area contributed by atoms with Crippen LogP contribution >= 0.6 is 0 Å². The average molecular weight is 377 g/mol. The van der Waals surface area contributed by atoms with Crippen LogP contribution in [0.25, 0.3) is 10.9 Å². The van der Waals surface area contributed by atoms with Gasteiger partial charge in [-0.2, -0.15) is 10.1 Å². The summed E-state index contributed by atoms with van der Waals surface area (Å²) in [5.74, 6) is -0.742. The number of primary amides is 1. The fourth-order valence-electron chi connectivity index (χ4n) is 2.86. The highest BCUT2D eigenvalue weighted by atomic mass is 19.1. The number of fused-ring (bicyclic) bond motifs is 1. The number of nitrogens with one attached hydrogen (secondary N) is 2. The lowest BCUT2D eigenvalue weighted by atomic mass is 10.2. The zero-order valence-electron chi connectivity index (χ0n) is 14.8. The minimum atomic E-state index is -0.558. The van der Waals surface area contributed by atoms with E-state index >= 15 is 0 Å². The summed E-state index contributed by atoms with van der Waals surface area (Å²) in [6, 6.07) is 12.1. The first kappa shape index (κ1) is 17.4. The van der Waals surface area contributed by atoms with E-state index in [1.54, 1.807) is 42.4 Å². The number of hydrogen-bond donors (Lipinski definition) is 3. The van der Waals surface area contributed by atoms with Crippen LogP contribution in [0.5, 0.6) is 0 Å². The molecule has 9 heteroatoms. The second kappa shape index (κ2) is 6.95. The van der Waals surface area contributed by atoms with Crippen molar-refractivity contribution in [3.63, 3.8) is 0 Å². The van der Waals surface area contributed by atoms with Gasteiger partial charge in [-0.25, -0.2) is 9.37 Å². The van der Waals surface area contributed by atoms with Crippen LogP contribution in [0.15, 0.2) is 54.9 Å². The molecule has 0 fully saturated rings. The highest BCUT2D eigenvalue weighted by Gasteiger charge is 2.16. The molecular weight excluding hydrogens is 361 g/mol. The van der Waals surface area contributed by atoms with Gasteiger partial charge >= 0.3 is 0 Å². The molecule has 8 nitrogen and oxygen atoms in total.